The number of nitrogens with two attached hydrogens (primary N) is 1. The number of benzene rings is 1. The topological polar surface area (TPSA) is 72.9 Å². The van der Waals surface area contributed by atoms with E-state index in [0.717, 1.165) is 21.7 Å². The molecule has 5 nitrogen and oxygen atoms in total. The van der Waals surface area contributed by atoms with E-state index in [1.54, 1.807) is 6.07 Å². The zero-order valence-electron chi connectivity index (χ0n) is 11.0. The molecule has 3 N–H and O–H groups in total. The molecule has 0 saturated heterocycles. The fraction of sp³-hybridized carbons (Fsp3) is 0.143. The van der Waals surface area contributed by atoms with E-state index in [4.69, 9.17) is 5.84 Å². The van der Waals surface area contributed by atoms with Crippen molar-refractivity contribution < 1.29 is 4.79 Å². The molecule has 0 bridgehead atoms. The van der Waals surface area contributed by atoms with Gasteiger partial charge < -0.3 is 4.57 Å². The first kappa shape index (κ1) is 12.8. The Bertz CT molecular complexity index is 774. The number of carbonyl (C=O) groups excluding carboxylic acids is 1. The fourth-order valence-electron chi connectivity index (χ4n) is 2.21. The van der Waals surface area contributed by atoms with Crippen molar-refractivity contribution in [3.63, 3.8) is 0 Å². The van der Waals surface area contributed by atoms with E-state index in [1.807, 2.05) is 31.2 Å². The van der Waals surface area contributed by atoms with Gasteiger partial charge >= 0.3 is 0 Å². The van der Waals surface area contributed by atoms with Crippen molar-refractivity contribution in [1.82, 2.24) is 15.0 Å². The summed E-state index contributed by atoms with van der Waals surface area (Å²) in [6.45, 7) is 2.69. The number of nitrogens with zero attached hydrogens (tertiary/aromatic N) is 2. The first-order valence-electron chi connectivity index (χ1n) is 6.20. The minimum Gasteiger partial charge on any atom is -0.323 e. The molecule has 2 heterocycles. The molecule has 0 aliphatic rings. The van der Waals surface area contributed by atoms with Crippen molar-refractivity contribution in [3.05, 3.63) is 52.0 Å². The van der Waals surface area contributed by atoms with Gasteiger partial charge in [-0.05, 0) is 31.2 Å². The van der Waals surface area contributed by atoms with Gasteiger partial charge in [-0.25, -0.2) is 10.8 Å². The predicted molar refractivity (Wildman–Crippen MR) is 79.5 cm³/mol. The molecule has 102 valence electrons. The lowest BCUT2D eigenvalue weighted by molar-refractivity contribution is 0.0957. The highest BCUT2D eigenvalue weighted by Gasteiger charge is 2.11. The summed E-state index contributed by atoms with van der Waals surface area (Å²) in [7, 11) is 0. The van der Waals surface area contributed by atoms with Crippen LogP contribution in [0.3, 0.4) is 0 Å². The number of nitrogens with one attached hydrogen (secondary N) is 1. The molecule has 0 atom stereocenters. The second-order valence-corrected chi connectivity index (χ2v) is 5.64. The quantitative estimate of drug-likeness (QED) is 0.440. The smallest absolute Gasteiger partial charge is 0.275 e. The molecule has 0 aliphatic heterocycles. The molecule has 0 unspecified atom stereocenters. The molecular weight excluding hydrogens is 272 g/mol. The lowest BCUT2D eigenvalue weighted by Gasteiger charge is -2.04. The maximum absolute atomic E-state index is 11.5. The van der Waals surface area contributed by atoms with Crippen molar-refractivity contribution in [1.29, 1.82) is 0 Å². The maximum Gasteiger partial charge on any atom is 0.275 e. The molecule has 0 radical (unpaired) electrons. The van der Waals surface area contributed by atoms with Crippen LogP contribution in [-0.2, 0) is 6.54 Å². The Morgan fingerprint density at radius 1 is 1.35 bits per heavy atom. The van der Waals surface area contributed by atoms with Crippen molar-refractivity contribution in [2.75, 3.05) is 0 Å². The lowest BCUT2D eigenvalue weighted by Crippen LogP contribution is -2.29. The van der Waals surface area contributed by atoms with Crippen molar-refractivity contribution in [2.24, 2.45) is 5.84 Å². The average Bonchev–Trinajstić information content (AvgIpc) is 3.04. The van der Waals surface area contributed by atoms with Gasteiger partial charge in [0.15, 0.2) is 0 Å². The number of hydrogen-bond donors (Lipinski definition) is 2. The fourth-order valence-corrected chi connectivity index (χ4v) is 3.11. The molecule has 6 heteroatoms. The second-order valence-electron chi connectivity index (χ2n) is 4.47. The number of carbonyl (C=O) groups is 1. The van der Waals surface area contributed by atoms with Gasteiger partial charge in [0.2, 0.25) is 0 Å². The highest BCUT2D eigenvalue weighted by atomic mass is 32.1. The molecule has 1 amide bonds. The third-order valence-corrected chi connectivity index (χ3v) is 4.24. The van der Waals surface area contributed by atoms with Crippen LogP contribution in [0.1, 0.15) is 20.4 Å². The van der Waals surface area contributed by atoms with E-state index in [2.05, 4.69) is 21.0 Å². The predicted octanol–water partition coefficient (Wildman–Crippen LogP) is 2.06. The molecule has 2 aromatic heterocycles. The standard InChI is InChI=1S/C14H14N4OS/c1-9-16-11-4-2-3-5-12(11)18(9)8-10-6-7-13(20-10)14(19)17-15/h2-7H,8,15H2,1H3,(H,17,19). The molecular formula is C14H14N4OS. The summed E-state index contributed by atoms with van der Waals surface area (Å²) in [6, 6.07) is 11.8. The van der Waals surface area contributed by atoms with Gasteiger partial charge in [0.1, 0.15) is 5.82 Å². The Balaban J connectivity index is 1.95. The van der Waals surface area contributed by atoms with E-state index < -0.39 is 0 Å². The number of thiophene rings is 1. The zero-order chi connectivity index (χ0) is 14.1. The highest BCUT2D eigenvalue weighted by Crippen LogP contribution is 2.21. The van der Waals surface area contributed by atoms with Crippen LogP contribution in [0.25, 0.3) is 11.0 Å². The van der Waals surface area contributed by atoms with Crippen molar-refractivity contribution in [3.8, 4) is 0 Å². The molecule has 0 fully saturated rings. The Labute approximate surface area is 120 Å². The SMILES string of the molecule is Cc1nc2ccccc2n1Cc1ccc(C(=O)NN)s1. The first-order chi connectivity index (χ1) is 9.69. The number of rotatable bonds is 3. The van der Waals surface area contributed by atoms with Crippen LogP contribution in [0.2, 0.25) is 0 Å². The number of hydrogen-bond acceptors (Lipinski definition) is 4. The Hall–Kier alpha value is -2.18. The molecule has 1 aromatic carbocycles. The number of nitrogen functional groups attached to an aromatic ring is 1. The second kappa shape index (κ2) is 5.07. The highest BCUT2D eigenvalue weighted by molar-refractivity contribution is 7.14. The molecule has 20 heavy (non-hydrogen) atoms. The van der Waals surface area contributed by atoms with Gasteiger partial charge in [0.05, 0.1) is 22.5 Å². The number of fused-ring (bicyclic) bond motifs is 1. The third-order valence-electron chi connectivity index (χ3n) is 3.18. The maximum atomic E-state index is 11.5. The minimum atomic E-state index is -0.256. The van der Waals surface area contributed by atoms with Crippen LogP contribution in [0, 0.1) is 6.92 Å². The number of aromatic nitrogens is 2. The number of imidazole rings is 1. The van der Waals surface area contributed by atoms with E-state index in [0.29, 0.717) is 11.4 Å². The van der Waals surface area contributed by atoms with Gasteiger partial charge in [-0.2, -0.15) is 0 Å². The van der Waals surface area contributed by atoms with Crippen molar-refractivity contribution in [2.45, 2.75) is 13.5 Å². The third kappa shape index (κ3) is 2.19. The van der Waals surface area contributed by atoms with Crippen LogP contribution in [0.5, 0.6) is 0 Å². The van der Waals surface area contributed by atoms with Gasteiger partial charge in [-0.3, -0.25) is 10.2 Å². The summed E-state index contributed by atoms with van der Waals surface area (Å²) in [6.07, 6.45) is 0. The summed E-state index contributed by atoms with van der Waals surface area (Å²) in [5.41, 5.74) is 4.23. The van der Waals surface area contributed by atoms with Gasteiger partial charge in [-0.1, -0.05) is 12.1 Å². The average molecular weight is 286 g/mol. The molecule has 0 spiro atoms. The van der Waals surface area contributed by atoms with Gasteiger partial charge in [0, 0.05) is 4.88 Å². The number of hydrazine groups is 1. The monoisotopic (exact) mass is 286 g/mol. The molecule has 3 rings (SSSR count). The lowest BCUT2D eigenvalue weighted by atomic mass is 10.3. The zero-order valence-corrected chi connectivity index (χ0v) is 11.8. The van der Waals surface area contributed by atoms with Crippen LogP contribution >= 0.6 is 11.3 Å². The Morgan fingerprint density at radius 2 is 2.15 bits per heavy atom. The van der Waals surface area contributed by atoms with E-state index >= 15 is 0 Å². The molecule has 0 aliphatic carbocycles. The van der Waals surface area contributed by atoms with Gasteiger partial charge in [-0.15, -0.1) is 11.3 Å². The summed E-state index contributed by atoms with van der Waals surface area (Å²) >= 11 is 1.44. The normalized spacial score (nSPS) is 10.9. The number of amides is 1. The Kier molecular flexibility index (Phi) is 3.25. The van der Waals surface area contributed by atoms with Crippen LogP contribution < -0.4 is 11.3 Å². The van der Waals surface area contributed by atoms with Gasteiger partial charge in [0.25, 0.3) is 5.91 Å². The molecule has 0 saturated carbocycles. The van der Waals surface area contributed by atoms with E-state index in [-0.39, 0.29) is 5.91 Å². The Morgan fingerprint density at radius 3 is 2.95 bits per heavy atom. The summed E-state index contributed by atoms with van der Waals surface area (Å²) in [4.78, 5) is 17.7. The number of aryl methyl sites for hydroxylation is 1. The number of para-hydroxylation sites is 2. The van der Waals surface area contributed by atoms with Crippen LogP contribution in [0.4, 0.5) is 0 Å². The van der Waals surface area contributed by atoms with Crippen LogP contribution in [-0.4, -0.2) is 15.5 Å². The minimum absolute atomic E-state index is 0.256. The van der Waals surface area contributed by atoms with Crippen LogP contribution in [0.15, 0.2) is 36.4 Å². The van der Waals surface area contributed by atoms with E-state index in [9.17, 15) is 4.79 Å². The van der Waals surface area contributed by atoms with Crippen molar-refractivity contribution >= 4 is 28.3 Å². The largest absolute Gasteiger partial charge is 0.323 e. The van der Waals surface area contributed by atoms with E-state index in [1.165, 1.54) is 11.3 Å². The summed E-state index contributed by atoms with van der Waals surface area (Å²) in [5, 5.41) is 0. The first-order valence-corrected chi connectivity index (χ1v) is 7.02. The summed E-state index contributed by atoms with van der Waals surface area (Å²) in [5.74, 6) is 5.85. The summed E-state index contributed by atoms with van der Waals surface area (Å²) < 4.78 is 2.14. The molecule has 3 aromatic rings.